The van der Waals surface area contributed by atoms with Crippen molar-refractivity contribution in [1.29, 1.82) is 0 Å². The average molecular weight is 341 g/mol. The molecule has 5 nitrogen and oxygen atoms in total. The van der Waals surface area contributed by atoms with E-state index in [2.05, 4.69) is 0 Å². The van der Waals surface area contributed by atoms with Gasteiger partial charge in [0.15, 0.2) is 11.6 Å². The molecular weight excluding hydrogens is 318 g/mol. The summed E-state index contributed by atoms with van der Waals surface area (Å²) >= 11 is 0. The van der Waals surface area contributed by atoms with Gasteiger partial charge in [0, 0.05) is 36.1 Å². The highest BCUT2D eigenvalue weighted by molar-refractivity contribution is 5.96. The summed E-state index contributed by atoms with van der Waals surface area (Å²) in [5, 5.41) is 10.4. The van der Waals surface area contributed by atoms with Gasteiger partial charge in [0.25, 0.3) is 5.69 Å². The number of carbonyl (C=O) groups is 2. The first-order valence-corrected chi connectivity index (χ1v) is 8.35. The van der Waals surface area contributed by atoms with Gasteiger partial charge >= 0.3 is 0 Å². The van der Waals surface area contributed by atoms with Crippen molar-refractivity contribution in [2.75, 3.05) is 0 Å². The number of hydrogen-bond donors (Lipinski definition) is 0. The van der Waals surface area contributed by atoms with Crippen molar-refractivity contribution >= 4 is 17.3 Å². The molecule has 0 saturated carbocycles. The summed E-state index contributed by atoms with van der Waals surface area (Å²) in [6.45, 7) is 3.91. The fraction of sp³-hybridized carbons (Fsp3) is 0.300. The van der Waals surface area contributed by atoms with Crippen LogP contribution in [0.3, 0.4) is 0 Å². The van der Waals surface area contributed by atoms with Crippen LogP contribution in [-0.4, -0.2) is 16.5 Å². The van der Waals surface area contributed by atoms with Crippen molar-refractivity contribution in [1.82, 2.24) is 0 Å². The highest BCUT2D eigenvalue weighted by Crippen LogP contribution is 2.14. The van der Waals surface area contributed by atoms with Crippen LogP contribution in [0.5, 0.6) is 0 Å². The van der Waals surface area contributed by atoms with Crippen molar-refractivity contribution < 1.29 is 14.5 Å². The maximum absolute atomic E-state index is 11.4. The predicted octanol–water partition coefficient (Wildman–Crippen LogP) is 5.25. The molecule has 0 N–H and O–H groups in total. The van der Waals surface area contributed by atoms with Crippen LogP contribution in [-0.2, 0) is 0 Å². The molecule has 0 aliphatic rings. The van der Waals surface area contributed by atoms with E-state index < -0.39 is 4.92 Å². The van der Waals surface area contributed by atoms with Gasteiger partial charge in [0.2, 0.25) is 0 Å². The maximum atomic E-state index is 11.4. The first-order chi connectivity index (χ1) is 12.0. The van der Waals surface area contributed by atoms with Gasteiger partial charge < -0.3 is 0 Å². The van der Waals surface area contributed by atoms with E-state index >= 15 is 0 Å². The van der Waals surface area contributed by atoms with E-state index in [0.29, 0.717) is 18.4 Å². The van der Waals surface area contributed by atoms with Gasteiger partial charge in [-0.05, 0) is 12.8 Å². The Bertz CT molecular complexity index is 711. The summed E-state index contributed by atoms with van der Waals surface area (Å²) in [5.41, 5.74) is 1.21. The molecule has 2 aromatic carbocycles. The van der Waals surface area contributed by atoms with Crippen LogP contribution in [0, 0.1) is 10.1 Å². The number of nitro benzene ring substituents is 1. The zero-order valence-corrected chi connectivity index (χ0v) is 14.6. The third kappa shape index (κ3) is 7.08. The monoisotopic (exact) mass is 341 g/mol. The molecule has 0 atom stereocenters. The van der Waals surface area contributed by atoms with Crippen LogP contribution in [0.25, 0.3) is 0 Å². The highest BCUT2D eigenvalue weighted by Gasteiger charge is 2.10. The molecule has 0 radical (unpaired) electrons. The summed E-state index contributed by atoms with van der Waals surface area (Å²) in [5.74, 6) is 0.198. The molecule has 0 aromatic heterocycles. The molecule has 2 aromatic rings. The van der Waals surface area contributed by atoms with Gasteiger partial charge in [0.1, 0.15) is 0 Å². The number of benzene rings is 2. The Morgan fingerprint density at radius 3 is 1.88 bits per heavy atom. The number of nitro groups is 1. The molecule has 0 fully saturated rings. The zero-order chi connectivity index (χ0) is 18.7. The summed E-state index contributed by atoms with van der Waals surface area (Å²) < 4.78 is 0. The minimum atomic E-state index is -0.497. The standard InChI is InChI=1S/C10H11NO3.C10H12O/c1-2-4-10(12)8-5-3-6-9(7-8)11(13)14;1-2-6-10(11)9-7-4-3-5-8-9/h3,5-7H,2,4H2,1H3;3-5,7-8H,2,6H2,1H3. The van der Waals surface area contributed by atoms with Crippen molar-refractivity contribution in [3.05, 3.63) is 75.8 Å². The molecule has 0 saturated heterocycles. The van der Waals surface area contributed by atoms with E-state index in [1.54, 1.807) is 6.07 Å². The lowest BCUT2D eigenvalue weighted by atomic mass is 10.1. The number of rotatable bonds is 7. The highest BCUT2D eigenvalue weighted by atomic mass is 16.6. The Labute approximate surface area is 147 Å². The molecule has 0 unspecified atom stereocenters. The van der Waals surface area contributed by atoms with E-state index in [1.807, 2.05) is 44.2 Å². The predicted molar refractivity (Wildman–Crippen MR) is 98.0 cm³/mol. The molecule has 5 heteroatoms. The van der Waals surface area contributed by atoms with Crippen LogP contribution in [0.4, 0.5) is 5.69 Å². The van der Waals surface area contributed by atoms with Crippen molar-refractivity contribution in [2.24, 2.45) is 0 Å². The van der Waals surface area contributed by atoms with Crippen LogP contribution < -0.4 is 0 Å². The summed E-state index contributed by atoms with van der Waals surface area (Å²) in [6, 6.07) is 15.2. The quantitative estimate of drug-likeness (QED) is 0.391. The Kier molecular flexibility index (Phi) is 8.79. The fourth-order valence-electron chi connectivity index (χ4n) is 2.16. The van der Waals surface area contributed by atoms with Gasteiger partial charge in [-0.2, -0.15) is 0 Å². The fourth-order valence-corrected chi connectivity index (χ4v) is 2.16. The van der Waals surface area contributed by atoms with Gasteiger partial charge in [0.05, 0.1) is 4.92 Å². The Morgan fingerprint density at radius 1 is 0.840 bits per heavy atom. The van der Waals surface area contributed by atoms with Crippen molar-refractivity contribution in [3.8, 4) is 0 Å². The van der Waals surface area contributed by atoms with E-state index in [0.717, 1.165) is 18.4 Å². The van der Waals surface area contributed by atoms with Gasteiger partial charge in [-0.3, -0.25) is 19.7 Å². The Hall–Kier alpha value is -2.82. The largest absolute Gasteiger partial charge is 0.294 e. The second kappa shape index (κ2) is 10.9. The second-order valence-corrected chi connectivity index (χ2v) is 5.52. The van der Waals surface area contributed by atoms with E-state index in [9.17, 15) is 19.7 Å². The number of Topliss-reactive ketones (excluding diaryl/α,β-unsaturated/α-hetero) is 2. The van der Waals surface area contributed by atoms with E-state index in [4.69, 9.17) is 0 Å². The summed E-state index contributed by atoms with van der Waals surface area (Å²) in [6.07, 6.45) is 2.76. The number of nitrogens with zero attached hydrogens (tertiary/aromatic N) is 1. The molecular formula is C20H23NO4. The summed E-state index contributed by atoms with van der Waals surface area (Å²) in [4.78, 5) is 32.6. The third-order valence-electron chi connectivity index (χ3n) is 3.43. The van der Waals surface area contributed by atoms with Crippen molar-refractivity contribution in [2.45, 2.75) is 39.5 Å². The van der Waals surface area contributed by atoms with Crippen molar-refractivity contribution in [3.63, 3.8) is 0 Å². The number of ketones is 2. The van der Waals surface area contributed by atoms with E-state index in [1.165, 1.54) is 18.2 Å². The van der Waals surface area contributed by atoms with Gasteiger partial charge in [-0.1, -0.05) is 56.3 Å². The molecule has 0 aliphatic heterocycles. The molecule has 0 bridgehead atoms. The van der Waals surface area contributed by atoms with Gasteiger partial charge in [-0.25, -0.2) is 0 Å². The lowest BCUT2D eigenvalue weighted by Crippen LogP contribution is -1.99. The topological polar surface area (TPSA) is 77.3 Å². The maximum Gasteiger partial charge on any atom is 0.270 e. The lowest BCUT2D eigenvalue weighted by Gasteiger charge is -1.98. The Balaban J connectivity index is 0.000000257. The third-order valence-corrected chi connectivity index (χ3v) is 3.43. The van der Waals surface area contributed by atoms with Crippen LogP contribution in [0.15, 0.2) is 54.6 Å². The molecule has 2 rings (SSSR count). The number of non-ortho nitro benzene ring substituents is 1. The minimum Gasteiger partial charge on any atom is -0.294 e. The van der Waals surface area contributed by atoms with Gasteiger partial charge in [-0.15, -0.1) is 0 Å². The lowest BCUT2D eigenvalue weighted by molar-refractivity contribution is -0.384. The zero-order valence-electron chi connectivity index (χ0n) is 14.6. The number of carbonyl (C=O) groups excluding carboxylic acids is 2. The minimum absolute atomic E-state index is 0.0352. The average Bonchev–Trinajstić information content (AvgIpc) is 2.63. The smallest absolute Gasteiger partial charge is 0.270 e. The summed E-state index contributed by atoms with van der Waals surface area (Å²) in [7, 11) is 0. The number of hydrogen-bond acceptors (Lipinski definition) is 4. The first kappa shape index (κ1) is 20.2. The molecule has 0 amide bonds. The van der Waals surface area contributed by atoms with Crippen LogP contribution in [0.1, 0.15) is 60.2 Å². The first-order valence-electron chi connectivity index (χ1n) is 8.35. The molecule has 0 aliphatic carbocycles. The molecule has 0 heterocycles. The SMILES string of the molecule is CCCC(=O)c1cccc([N+](=O)[O-])c1.CCCC(=O)c1ccccc1. The molecule has 25 heavy (non-hydrogen) atoms. The van der Waals surface area contributed by atoms with Crippen LogP contribution in [0.2, 0.25) is 0 Å². The molecule has 132 valence electrons. The van der Waals surface area contributed by atoms with Crippen LogP contribution >= 0.6 is 0 Å². The second-order valence-electron chi connectivity index (χ2n) is 5.52. The van der Waals surface area contributed by atoms with E-state index in [-0.39, 0.29) is 17.3 Å². The molecule has 0 spiro atoms. The Morgan fingerprint density at radius 2 is 1.36 bits per heavy atom. The normalized spacial score (nSPS) is 9.68.